The van der Waals surface area contributed by atoms with Gasteiger partial charge in [-0.2, -0.15) is 0 Å². The maximum absolute atomic E-state index is 12.9. The van der Waals surface area contributed by atoms with Crippen molar-refractivity contribution in [1.29, 1.82) is 0 Å². The topological polar surface area (TPSA) is 33.2 Å². The molecule has 0 radical (unpaired) electrons. The van der Waals surface area contributed by atoms with Crippen molar-refractivity contribution >= 4 is 28.4 Å². The largest absolute Gasteiger partial charge is 0.337 e. The number of amides is 1. The quantitative estimate of drug-likeness (QED) is 0.712. The highest BCUT2D eigenvalue weighted by molar-refractivity contribution is 6.30. The summed E-state index contributed by atoms with van der Waals surface area (Å²) in [6, 6.07) is 17.1. The molecule has 0 fully saturated rings. The first-order chi connectivity index (χ1) is 11.0. The summed E-state index contributed by atoms with van der Waals surface area (Å²) in [5, 5.41) is 1.57. The number of pyridine rings is 1. The lowest BCUT2D eigenvalue weighted by atomic mass is 10.1. The van der Waals surface area contributed by atoms with Gasteiger partial charge in [0.2, 0.25) is 0 Å². The number of benzene rings is 2. The molecule has 23 heavy (non-hydrogen) atoms. The Bertz CT molecular complexity index is 859. The Morgan fingerprint density at radius 2 is 1.83 bits per heavy atom. The summed E-state index contributed by atoms with van der Waals surface area (Å²) >= 11 is 5.90. The van der Waals surface area contributed by atoms with Crippen LogP contribution in [0.4, 0.5) is 0 Å². The van der Waals surface area contributed by atoms with Crippen LogP contribution in [0.25, 0.3) is 10.9 Å². The molecule has 0 unspecified atom stereocenters. The second kappa shape index (κ2) is 6.39. The lowest BCUT2D eigenvalue weighted by molar-refractivity contribution is 0.0787. The number of hydrogen-bond acceptors (Lipinski definition) is 2. The molecule has 0 bridgehead atoms. The van der Waals surface area contributed by atoms with Gasteiger partial charge in [-0.3, -0.25) is 9.78 Å². The lowest BCUT2D eigenvalue weighted by Gasteiger charge is -2.18. The van der Waals surface area contributed by atoms with Crippen molar-refractivity contribution in [2.45, 2.75) is 13.5 Å². The molecule has 1 heterocycles. The van der Waals surface area contributed by atoms with Crippen LogP contribution >= 0.6 is 11.6 Å². The molecule has 4 heteroatoms. The molecule has 0 aliphatic carbocycles. The van der Waals surface area contributed by atoms with Gasteiger partial charge in [-0.25, -0.2) is 0 Å². The van der Waals surface area contributed by atoms with Crippen molar-refractivity contribution in [3.05, 3.63) is 76.4 Å². The SMILES string of the molecule is Cc1cc(C(=O)N(C)Cc2ccc(Cl)cc2)c2ccccc2n1. The summed E-state index contributed by atoms with van der Waals surface area (Å²) in [4.78, 5) is 19.1. The van der Waals surface area contributed by atoms with Crippen molar-refractivity contribution in [2.24, 2.45) is 0 Å². The van der Waals surface area contributed by atoms with E-state index in [1.165, 1.54) is 0 Å². The third kappa shape index (κ3) is 3.35. The smallest absolute Gasteiger partial charge is 0.254 e. The highest BCUT2D eigenvalue weighted by Crippen LogP contribution is 2.20. The summed E-state index contributed by atoms with van der Waals surface area (Å²) in [6.45, 7) is 2.44. The average Bonchev–Trinajstić information content (AvgIpc) is 2.55. The van der Waals surface area contributed by atoms with Crippen LogP contribution in [0, 0.1) is 6.92 Å². The maximum Gasteiger partial charge on any atom is 0.254 e. The number of fused-ring (bicyclic) bond motifs is 1. The van der Waals surface area contributed by atoms with Crippen LogP contribution in [0.3, 0.4) is 0 Å². The fraction of sp³-hybridized carbons (Fsp3) is 0.158. The van der Waals surface area contributed by atoms with E-state index in [-0.39, 0.29) is 5.91 Å². The van der Waals surface area contributed by atoms with E-state index in [9.17, 15) is 4.79 Å². The Hall–Kier alpha value is -2.39. The van der Waals surface area contributed by atoms with Gasteiger partial charge in [-0.15, -0.1) is 0 Å². The van der Waals surface area contributed by atoms with Gasteiger partial charge in [0.15, 0.2) is 0 Å². The van der Waals surface area contributed by atoms with E-state index in [1.54, 1.807) is 4.90 Å². The summed E-state index contributed by atoms with van der Waals surface area (Å²) in [6.07, 6.45) is 0. The summed E-state index contributed by atoms with van der Waals surface area (Å²) in [5.74, 6) is -0.0124. The van der Waals surface area contributed by atoms with Gasteiger partial charge in [-0.1, -0.05) is 41.9 Å². The Morgan fingerprint density at radius 1 is 1.13 bits per heavy atom. The zero-order valence-corrected chi connectivity index (χ0v) is 13.8. The fourth-order valence-electron chi connectivity index (χ4n) is 2.63. The molecule has 0 aliphatic heterocycles. The van der Waals surface area contributed by atoms with Gasteiger partial charge in [0.25, 0.3) is 5.91 Å². The predicted octanol–water partition coefficient (Wildman–Crippen LogP) is 4.47. The zero-order valence-electron chi connectivity index (χ0n) is 13.1. The number of aryl methyl sites for hydroxylation is 1. The van der Waals surface area contributed by atoms with E-state index in [2.05, 4.69) is 4.98 Å². The second-order valence-corrected chi connectivity index (χ2v) is 6.05. The first-order valence-electron chi connectivity index (χ1n) is 7.41. The molecule has 0 atom stereocenters. The Morgan fingerprint density at radius 3 is 2.57 bits per heavy atom. The molecule has 3 rings (SSSR count). The van der Waals surface area contributed by atoms with E-state index in [1.807, 2.05) is 68.6 Å². The molecule has 0 saturated heterocycles. The lowest BCUT2D eigenvalue weighted by Crippen LogP contribution is -2.26. The first-order valence-corrected chi connectivity index (χ1v) is 7.78. The number of carbonyl (C=O) groups is 1. The number of hydrogen-bond donors (Lipinski definition) is 0. The van der Waals surface area contributed by atoms with Crippen LogP contribution in [0.1, 0.15) is 21.6 Å². The van der Waals surface area contributed by atoms with Crippen LogP contribution < -0.4 is 0 Å². The van der Waals surface area contributed by atoms with Crippen LogP contribution in [0.5, 0.6) is 0 Å². The third-order valence-electron chi connectivity index (χ3n) is 3.75. The Balaban J connectivity index is 1.92. The number of carbonyl (C=O) groups excluding carboxylic acids is 1. The van der Waals surface area contributed by atoms with Crippen molar-refractivity contribution in [1.82, 2.24) is 9.88 Å². The molecule has 0 saturated carbocycles. The first kappa shape index (κ1) is 15.5. The standard InChI is InChI=1S/C19H17ClN2O/c1-13-11-17(16-5-3-4-6-18(16)21-13)19(23)22(2)12-14-7-9-15(20)10-8-14/h3-11H,12H2,1-2H3. The van der Waals surface area contributed by atoms with E-state index in [4.69, 9.17) is 11.6 Å². The van der Waals surface area contributed by atoms with E-state index >= 15 is 0 Å². The normalized spacial score (nSPS) is 10.7. The van der Waals surface area contributed by atoms with Crippen molar-refractivity contribution in [3.8, 4) is 0 Å². The van der Waals surface area contributed by atoms with Crippen molar-refractivity contribution in [3.63, 3.8) is 0 Å². The van der Waals surface area contributed by atoms with Gasteiger partial charge < -0.3 is 4.90 Å². The highest BCUT2D eigenvalue weighted by atomic mass is 35.5. The van der Waals surface area contributed by atoms with Gasteiger partial charge in [-0.05, 0) is 36.8 Å². The van der Waals surface area contributed by atoms with Crippen LogP contribution in [-0.2, 0) is 6.54 Å². The van der Waals surface area contributed by atoms with E-state index in [0.717, 1.165) is 22.2 Å². The Labute approximate surface area is 140 Å². The fourth-order valence-corrected chi connectivity index (χ4v) is 2.75. The van der Waals surface area contributed by atoms with E-state index < -0.39 is 0 Å². The average molecular weight is 325 g/mol. The molecule has 3 nitrogen and oxygen atoms in total. The molecule has 2 aromatic carbocycles. The molecular weight excluding hydrogens is 308 g/mol. The molecular formula is C19H17ClN2O. The minimum atomic E-state index is -0.0124. The summed E-state index contributed by atoms with van der Waals surface area (Å²) < 4.78 is 0. The van der Waals surface area contributed by atoms with Crippen molar-refractivity contribution in [2.75, 3.05) is 7.05 Å². The summed E-state index contributed by atoms with van der Waals surface area (Å²) in [7, 11) is 1.81. The molecule has 0 N–H and O–H groups in total. The van der Waals surface area contributed by atoms with Gasteiger partial charge >= 0.3 is 0 Å². The molecule has 1 amide bonds. The van der Waals surface area contributed by atoms with Crippen LogP contribution in [0.15, 0.2) is 54.6 Å². The maximum atomic E-state index is 12.9. The van der Waals surface area contributed by atoms with Gasteiger partial charge in [0, 0.05) is 29.7 Å². The number of aromatic nitrogens is 1. The number of para-hydroxylation sites is 1. The molecule has 0 aliphatic rings. The Kier molecular flexibility index (Phi) is 4.30. The molecule has 0 spiro atoms. The summed E-state index contributed by atoms with van der Waals surface area (Å²) in [5.41, 5.74) is 3.41. The second-order valence-electron chi connectivity index (χ2n) is 5.62. The van der Waals surface area contributed by atoms with Crippen LogP contribution in [-0.4, -0.2) is 22.8 Å². The number of nitrogens with zero attached hydrogens (tertiary/aromatic N) is 2. The van der Waals surface area contributed by atoms with Crippen molar-refractivity contribution < 1.29 is 4.79 Å². The molecule has 3 aromatic rings. The van der Waals surface area contributed by atoms with Gasteiger partial charge in [0.05, 0.1) is 11.1 Å². The number of rotatable bonds is 3. The zero-order chi connectivity index (χ0) is 16.4. The van der Waals surface area contributed by atoms with Gasteiger partial charge in [0.1, 0.15) is 0 Å². The van der Waals surface area contributed by atoms with E-state index in [0.29, 0.717) is 17.1 Å². The monoisotopic (exact) mass is 324 g/mol. The highest BCUT2D eigenvalue weighted by Gasteiger charge is 2.16. The molecule has 1 aromatic heterocycles. The minimum Gasteiger partial charge on any atom is -0.337 e. The van der Waals surface area contributed by atoms with Crippen LogP contribution in [0.2, 0.25) is 5.02 Å². The predicted molar refractivity (Wildman–Crippen MR) is 93.7 cm³/mol. The third-order valence-corrected chi connectivity index (χ3v) is 4.01. The molecule has 116 valence electrons. The number of halogens is 1. The minimum absolute atomic E-state index is 0.0124.